The van der Waals surface area contributed by atoms with Gasteiger partial charge in [0.05, 0.1) is 12.7 Å². The third kappa shape index (κ3) is 2.44. The van der Waals surface area contributed by atoms with Gasteiger partial charge in [0.2, 0.25) is 0 Å². The van der Waals surface area contributed by atoms with E-state index in [-0.39, 0.29) is 12.4 Å². The quantitative estimate of drug-likeness (QED) is 0.713. The van der Waals surface area contributed by atoms with Gasteiger partial charge in [-0.15, -0.1) is 0 Å². The molecule has 0 amide bonds. The summed E-state index contributed by atoms with van der Waals surface area (Å²) in [7, 11) is 0. The molecule has 0 radical (unpaired) electrons. The molecule has 1 aliphatic heterocycles. The van der Waals surface area contributed by atoms with Crippen molar-refractivity contribution in [3.63, 3.8) is 0 Å². The van der Waals surface area contributed by atoms with E-state index in [1.54, 1.807) is 0 Å². The Morgan fingerprint density at radius 1 is 1.29 bits per heavy atom. The number of hydrogen-bond acceptors (Lipinski definition) is 2. The van der Waals surface area contributed by atoms with Crippen molar-refractivity contribution in [2.24, 2.45) is 0 Å². The van der Waals surface area contributed by atoms with Gasteiger partial charge in [0.15, 0.2) is 6.29 Å². The van der Waals surface area contributed by atoms with Crippen LogP contribution < -0.4 is 0 Å². The molecule has 1 fully saturated rings. The lowest BCUT2D eigenvalue weighted by atomic mass is 10.2. The zero-order valence-corrected chi connectivity index (χ0v) is 8.22. The normalized spacial score (nSPS) is 27.2. The minimum Gasteiger partial charge on any atom is -0.346 e. The van der Waals surface area contributed by atoms with Crippen molar-refractivity contribution in [1.29, 1.82) is 0 Å². The fourth-order valence-electron chi connectivity index (χ4n) is 1.39. The fraction of sp³-hybridized carbons (Fsp3) is 0.333. The van der Waals surface area contributed by atoms with Crippen molar-refractivity contribution < 1.29 is 9.47 Å². The van der Waals surface area contributed by atoms with E-state index in [0.717, 1.165) is 0 Å². The maximum Gasteiger partial charge on any atom is 0.177 e. The summed E-state index contributed by atoms with van der Waals surface area (Å²) < 4.78 is 10.9. The summed E-state index contributed by atoms with van der Waals surface area (Å²) in [5.74, 6) is 0. The molecule has 1 aromatic carbocycles. The van der Waals surface area contributed by atoms with E-state index in [0.29, 0.717) is 6.61 Å². The smallest absolute Gasteiger partial charge is 0.177 e. The van der Waals surface area contributed by atoms with Crippen LogP contribution in [0.4, 0.5) is 0 Å². The molecule has 1 saturated heterocycles. The highest BCUT2D eigenvalue weighted by Crippen LogP contribution is 2.13. The third-order valence-corrected chi connectivity index (χ3v) is 2.11. The van der Waals surface area contributed by atoms with Crippen molar-refractivity contribution in [3.8, 4) is 0 Å². The largest absolute Gasteiger partial charge is 0.346 e. The molecular formula is C12H14O2. The highest BCUT2D eigenvalue weighted by Gasteiger charge is 2.19. The predicted octanol–water partition coefficient (Wildman–Crippen LogP) is 2.46. The molecule has 0 bridgehead atoms. The van der Waals surface area contributed by atoms with Crippen LogP contribution in [0.5, 0.6) is 0 Å². The molecule has 0 aromatic heterocycles. The minimum absolute atomic E-state index is 0.176. The van der Waals surface area contributed by atoms with E-state index in [4.69, 9.17) is 9.47 Å². The number of ether oxygens (including phenoxy) is 2. The summed E-state index contributed by atoms with van der Waals surface area (Å²) in [6.07, 6.45) is 3.99. The van der Waals surface area contributed by atoms with Crippen molar-refractivity contribution in [2.75, 3.05) is 6.61 Å². The summed E-state index contributed by atoms with van der Waals surface area (Å²) in [6, 6.07) is 10.1. The molecule has 2 unspecified atom stereocenters. The van der Waals surface area contributed by atoms with Gasteiger partial charge >= 0.3 is 0 Å². The first-order chi connectivity index (χ1) is 6.84. The molecule has 1 aromatic rings. The Labute approximate surface area is 84.2 Å². The SMILES string of the molecule is CC1COC(/C=C/c2ccccc2)O1. The third-order valence-electron chi connectivity index (χ3n) is 2.11. The van der Waals surface area contributed by atoms with E-state index >= 15 is 0 Å². The van der Waals surface area contributed by atoms with E-state index in [1.165, 1.54) is 5.56 Å². The van der Waals surface area contributed by atoms with Crippen LogP contribution in [-0.2, 0) is 9.47 Å². The lowest BCUT2D eigenvalue weighted by Crippen LogP contribution is -2.05. The number of rotatable bonds is 2. The lowest BCUT2D eigenvalue weighted by Gasteiger charge is -2.02. The van der Waals surface area contributed by atoms with Crippen LogP contribution in [0.3, 0.4) is 0 Å². The molecule has 2 rings (SSSR count). The summed E-state index contributed by atoms with van der Waals surface area (Å²) in [5.41, 5.74) is 1.17. The Hall–Kier alpha value is -1.12. The summed E-state index contributed by atoms with van der Waals surface area (Å²) in [4.78, 5) is 0. The van der Waals surface area contributed by atoms with Crippen molar-refractivity contribution >= 4 is 6.08 Å². The Morgan fingerprint density at radius 3 is 2.71 bits per heavy atom. The first-order valence-corrected chi connectivity index (χ1v) is 4.85. The van der Waals surface area contributed by atoms with Crippen LogP contribution in [-0.4, -0.2) is 19.0 Å². The van der Waals surface area contributed by atoms with Gasteiger partial charge in [0, 0.05) is 0 Å². The highest BCUT2D eigenvalue weighted by atomic mass is 16.7. The summed E-state index contributed by atoms with van der Waals surface area (Å²) >= 11 is 0. The molecule has 0 spiro atoms. The Balaban J connectivity index is 1.94. The van der Waals surface area contributed by atoms with Crippen molar-refractivity contribution in [2.45, 2.75) is 19.3 Å². The first-order valence-electron chi connectivity index (χ1n) is 4.85. The molecule has 2 atom stereocenters. The zero-order valence-electron chi connectivity index (χ0n) is 8.22. The van der Waals surface area contributed by atoms with E-state index in [1.807, 2.05) is 37.3 Å². The van der Waals surface area contributed by atoms with Crippen LogP contribution in [0.25, 0.3) is 6.08 Å². The minimum atomic E-state index is -0.176. The monoisotopic (exact) mass is 190 g/mol. The maximum absolute atomic E-state index is 5.47. The molecule has 74 valence electrons. The molecule has 0 N–H and O–H groups in total. The molecule has 0 saturated carbocycles. The Bertz CT molecular complexity index is 305. The molecule has 1 aliphatic rings. The average molecular weight is 190 g/mol. The van der Waals surface area contributed by atoms with Gasteiger partial charge in [-0.05, 0) is 18.6 Å². The Kier molecular flexibility index (Phi) is 2.96. The maximum atomic E-state index is 5.47. The van der Waals surface area contributed by atoms with Crippen LogP contribution >= 0.6 is 0 Å². The van der Waals surface area contributed by atoms with Crippen molar-refractivity contribution in [3.05, 3.63) is 42.0 Å². The van der Waals surface area contributed by atoms with E-state index in [9.17, 15) is 0 Å². The second-order valence-corrected chi connectivity index (χ2v) is 3.42. The Morgan fingerprint density at radius 2 is 2.07 bits per heavy atom. The van der Waals surface area contributed by atoms with E-state index < -0.39 is 0 Å². The molecule has 2 nitrogen and oxygen atoms in total. The summed E-state index contributed by atoms with van der Waals surface area (Å²) in [6.45, 7) is 2.69. The molecule has 1 heterocycles. The number of benzene rings is 1. The molecule has 2 heteroatoms. The fourth-order valence-corrected chi connectivity index (χ4v) is 1.39. The number of hydrogen-bond donors (Lipinski definition) is 0. The van der Waals surface area contributed by atoms with Gasteiger partial charge < -0.3 is 9.47 Å². The second kappa shape index (κ2) is 4.40. The van der Waals surface area contributed by atoms with E-state index in [2.05, 4.69) is 12.1 Å². The standard InChI is InChI=1S/C12H14O2/c1-10-9-13-12(14-10)8-7-11-5-3-2-4-6-11/h2-8,10,12H,9H2,1H3/b8-7+. The first kappa shape index (κ1) is 9.44. The predicted molar refractivity (Wildman–Crippen MR) is 55.8 cm³/mol. The van der Waals surface area contributed by atoms with Gasteiger partial charge in [-0.3, -0.25) is 0 Å². The van der Waals surface area contributed by atoms with Crippen LogP contribution in [0.2, 0.25) is 0 Å². The summed E-state index contributed by atoms with van der Waals surface area (Å²) in [5, 5.41) is 0. The van der Waals surface area contributed by atoms with Crippen LogP contribution in [0.15, 0.2) is 36.4 Å². The van der Waals surface area contributed by atoms with Gasteiger partial charge in [0.25, 0.3) is 0 Å². The van der Waals surface area contributed by atoms with Gasteiger partial charge in [-0.2, -0.15) is 0 Å². The highest BCUT2D eigenvalue weighted by molar-refractivity contribution is 5.48. The lowest BCUT2D eigenvalue weighted by molar-refractivity contribution is -0.0155. The van der Waals surface area contributed by atoms with Crippen LogP contribution in [0.1, 0.15) is 12.5 Å². The zero-order chi connectivity index (χ0) is 9.80. The molecular weight excluding hydrogens is 176 g/mol. The molecule has 0 aliphatic carbocycles. The van der Waals surface area contributed by atoms with Gasteiger partial charge in [-0.25, -0.2) is 0 Å². The average Bonchev–Trinajstić information content (AvgIpc) is 2.63. The second-order valence-electron chi connectivity index (χ2n) is 3.42. The molecule has 14 heavy (non-hydrogen) atoms. The van der Waals surface area contributed by atoms with Gasteiger partial charge in [-0.1, -0.05) is 36.4 Å². The van der Waals surface area contributed by atoms with Crippen LogP contribution in [0, 0.1) is 0 Å². The van der Waals surface area contributed by atoms with Gasteiger partial charge in [0.1, 0.15) is 0 Å². The van der Waals surface area contributed by atoms with Crippen molar-refractivity contribution in [1.82, 2.24) is 0 Å². The topological polar surface area (TPSA) is 18.5 Å².